The molecule has 0 aromatic heterocycles. The molecule has 29 heavy (non-hydrogen) atoms. The number of aliphatic carboxylic acids is 1. The number of amides is 1. The third kappa shape index (κ3) is 3.70. The van der Waals surface area contributed by atoms with Crippen LogP contribution < -0.4 is 0 Å². The molecule has 1 atom stereocenters. The lowest BCUT2D eigenvalue weighted by molar-refractivity contribution is -0.384. The van der Waals surface area contributed by atoms with Crippen LogP contribution >= 0.6 is 0 Å². The summed E-state index contributed by atoms with van der Waals surface area (Å²) in [6.07, 6.45) is 0. The number of hydrogen-bond acceptors (Lipinski definition) is 6. The number of hydrogen-bond donors (Lipinski definition) is 2. The Morgan fingerprint density at radius 3 is 2.17 bits per heavy atom. The number of carbonyl (C=O) groups excluding carboxylic acids is 2. The Morgan fingerprint density at radius 2 is 1.66 bits per heavy atom. The highest BCUT2D eigenvalue weighted by Gasteiger charge is 2.46. The van der Waals surface area contributed by atoms with E-state index in [0.29, 0.717) is 0 Å². The van der Waals surface area contributed by atoms with Crippen molar-refractivity contribution in [3.63, 3.8) is 0 Å². The van der Waals surface area contributed by atoms with Gasteiger partial charge in [-0.05, 0) is 24.6 Å². The van der Waals surface area contributed by atoms with Gasteiger partial charge in [0.2, 0.25) is 0 Å². The van der Waals surface area contributed by atoms with Crippen molar-refractivity contribution in [2.45, 2.75) is 13.0 Å². The van der Waals surface area contributed by atoms with Crippen molar-refractivity contribution >= 4 is 29.1 Å². The van der Waals surface area contributed by atoms with Crippen LogP contribution in [-0.2, 0) is 14.4 Å². The lowest BCUT2D eigenvalue weighted by Crippen LogP contribution is -2.34. The molecule has 3 rings (SSSR count). The average molecular weight is 396 g/mol. The van der Waals surface area contributed by atoms with Crippen LogP contribution in [0.25, 0.3) is 5.76 Å². The molecule has 148 valence electrons. The number of benzene rings is 2. The van der Waals surface area contributed by atoms with E-state index in [1.807, 2.05) is 6.92 Å². The fourth-order valence-electron chi connectivity index (χ4n) is 3.18. The molecule has 2 aromatic carbocycles. The number of aliphatic hydroxyl groups is 1. The van der Waals surface area contributed by atoms with Gasteiger partial charge < -0.3 is 15.1 Å². The summed E-state index contributed by atoms with van der Waals surface area (Å²) in [5.74, 6) is -3.87. The van der Waals surface area contributed by atoms with Gasteiger partial charge in [-0.25, -0.2) is 0 Å². The second-order valence-electron chi connectivity index (χ2n) is 6.54. The Morgan fingerprint density at radius 1 is 1.07 bits per heavy atom. The van der Waals surface area contributed by atoms with Crippen molar-refractivity contribution in [2.75, 3.05) is 6.54 Å². The van der Waals surface area contributed by atoms with Gasteiger partial charge in [-0.3, -0.25) is 24.5 Å². The van der Waals surface area contributed by atoms with Crippen molar-refractivity contribution in [2.24, 2.45) is 0 Å². The fraction of sp³-hybridized carbons (Fsp3) is 0.150. The topological polar surface area (TPSA) is 138 Å². The summed E-state index contributed by atoms with van der Waals surface area (Å²) in [6, 6.07) is 10.4. The Bertz CT molecular complexity index is 1040. The van der Waals surface area contributed by atoms with Gasteiger partial charge in [0.25, 0.3) is 17.4 Å². The minimum absolute atomic E-state index is 0.206. The predicted octanol–water partition coefficient (Wildman–Crippen LogP) is 2.41. The molecule has 2 aromatic rings. The van der Waals surface area contributed by atoms with Gasteiger partial charge in [0.1, 0.15) is 12.3 Å². The minimum Gasteiger partial charge on any atom is -0.507 e. The third-order valence-corrected chi connectivity index (χ3v) is 4.59. The van der Waals surface area contributed by atoms with Crippen LogP contribution in [0.15, 0.2) is 54.1 Å². The highest BCUT2D eigenvalue weighted by atomic mass is 16.6. The normalized spacial score (nSPS) is 18.1. The molecule has 0 radical (unpaired) electrons. The van der Waals surface area contributed by atoms with E-state index in [9.17, 15) is 29.6 Å². The smallest absolute Gasteiger partial charge is 0.323 e. The first kappa shape index (κ1) is 19.7. The number of ketones is 1. The molecular weight excluding hydrogens is 380 g/mol. The second kappa shape index (κ2) is 7.55. The Kier molecular flexibility index (Phi) is 5.14. The summed E-state index contributed by atoms with van der Waals surface area (Å²) in [4.78, 5) is 47.4. The average Bonchev–Trinajstić information content (AvgIpc) is 2.92. The van der Waals surface area contributed by atoms with Crippen molar-refractivity contribution in [3.8, 4) is 0 Å². The second-order valence-corrected chi connectivity index (χ2v) is 6.54. The van der Waals surface area contributed by atoms with Gasteiger partial charge in [-0.15, -0.1) is 0 Å². The van der Waals surface area contributed by atoms with Crippen LogP contribution in [0.2, 0.25) is 0 Å². The van der Waals surface area contributed by atoms with Crippen molar-refractivity contribution < 1.29 is 29.5 Å². The van der Waals surface area contributed by atoms with Gasteiger partial charge in [-0.2, -0.15) is 0 Å². The van der Waals surface area contributed by atoms with Crippen LogP contribution in [0, 0.1) is 17.0 Å². The summed E-state index contributed by atoms with van der Waals surface area (Å²) in [7, 11) is 0. The molecule has 0 bridgehead atoms. The molecule has 1 unspecified atom stereocenters. The molecule has 1 saturated heterocycles. The molecule has 1 fully saturated rings. The summed E-state index contributed by atoms with van der Waals surface area (Å²) in [5, 5.41) is 30.8. The number of aryl methyl sites for hydroxylation is 1. The van der Waals surface area contributed by atoms with Gasteiger partial charge in [0, 0.05) is 17.7 Å². The zero-order valence-corrected chi connectivity index (χ0v) is 15.2. The third-order valence-electron chi connectivity index (χ3n) is 4.59. The highest BCUT2D eigenvalue weighted by molar-refractivity contribution is 6.46. The van der Waals surface area contributed by atoms with E-state index in [-0.39, 0.29) is 22.4 Å². The summed E-state index contributed by atoms with van der Waals surface area (Å²) >= 11 is 0. The van der Waals surface area contributed by atoms with E-state index in [4.69, 9.17) is 5.11 Å². The van der Waals surface area contributed by atoms with Gasteiger partial charge >= 0.3 is 5.97 Å². The molecule has 2 N–H and O–H groups in total. The van der Waals surface area contributed by atoms with Crippen LogP contribution in [0.4, 0.5) is 5.69 Å². The van der Waals surface area contributed by atoms with Gasteiger partial charge in [0.15, 0.2) is 0 Å². The van der Waals surface area contributed by atoms with E-state index >= 15 is 0 Å². The van der Waals surface area contributed by atoms with Crippen LogP contribution in [0.3, 0.4) is 0 Å². The van der Waals surface area contributed by atoms with E-state index < -0.39 is 40.9 Å². The zero-order chi connectivity index (χ0) is 21.3. The Labute approximate surface area is 164 Å². The number of nitro groups is 1. The van der Waals surface area contributed by atoms with Gasteiger partial charge in [0.05, 0.1) is 16.5 Å². The standard InChI is InChI=1S/C20H16N2O7/c1-11-2-4-13(5-3-11)18(25)16-17(12-6-8-14(9-7-12)22(28)29)21(10-15(23)24)20(27)19(16)26/h2-9,17,25H,10H2,1H3,(H,23,24). The predicted molar refractivity (Wildman–Crippen MR) is 101 cm³/mol. The first-order chi connectivity index (χ1) is 13.7. The molecule has 1 amide bonds. The van der Waals surface area contributed by atoms with E-state index in [0.717, 1.165) is 10.5 Å². The van der Waals surface area contributed by atoms with Crippen molar-refractivity contribution in [1.82, 2.24) is 4.90 Å². The molecule has 0 aliphatic carbocycles. The molecule has 9 nitrogen and oxygen atoms in total. The largest absolute Gasteiger partial charge is 0.507 e. The number of carbonyl (C=O) groups is 3. The first-order valence-corrected chi connectivity index (χ1v) is 8.52. The number of carboxylic acids is 1. The SMILES string of the molecule is Cc1ccc(C(O)=C2C(=O)C(=O)N(CC(=O)O)C2c2ccc([N+](=O)[O-])cc2)cc1. The summed E-state index contributed by atoms with van der Waals surface area (Å²) in [6.45, 7) is 1.07. The quantitative estimate of drug-likeness (QED) is 0.260. The maximum atomic E-state index is 12.6. The van der Waals surface area contributed by atoms with Crippen molar-refractivity contribution in [3.05, 3.63) is 80.9 Å². The lowest BCUT2D eigenvalue weighted by atomic mass is 9.95. The number of nitrogens with zero attached hydrogens (tertiary/aromatic N) is 2. The number of aliphatic hydroxyl groups excluding tert-OH is 1. The monoisotopic (exact) mass is 396 g/mol. The van der Waals surface area contributed by atoms with Crippen molar-refractivity contribution in [1.29, 1.82) is 0 Å². The van der Waals surface area contributed by atoms with Crippen LogP contribution in [-0.4, -0.2) is 44.2 Å². The lowest BCUT2D eigenvalue weighted by Gasteiger charge is -2.23. The minimum atomic E-state index is -1.34. The molecule has 9 heteroatoms. The van der Waals surface area contributed by atoms with Crippen LogP contribution in [0.5, 0.6) is 0 Å². The van der Waals surface area contributed by atoms with E-state index in [1.54, 1.807) is 24.3 Å². The number of likely N-dealkylation sites (tertiary alicyclic amines) is 1. The molecule has 1 aliphatic rings. The molecule has 0 spiro atoms. The fourth-order valence-corrected chi connectivity index (χ4v) is 3.18. The number of non-ortho nitro benzene ring substituents is 1. The number of Topliss-reactive ketones (excluding diaryl/α,β-unsaturated/α-hetero) is 1. The maximum absolute atomic E-state index is 12.6. The van der Waals surface area contributed by atoms with Gasteiger partial charge in [-0.1, -0.05) is 29.8 Å². The molecule has 1 heterocycles. The Balaban J connectivity index is 2.18. The van der Waals surface area contributed by atoms with Crippen LogP contribution in [0.1, 0.15) is 22.7 Å². The van der Waals surface area contributed by atoms with E-state index in [1.165, 1.54) is 24.3 Å². The molecule has 0 saturated carbocycles. The summed E-state index contributed by atoms with van der Waals surface area (Å²) in [5.41, 5.74) is 0.997. The highest BCUT2D eigenvalue weighted by Crippen LogP contribution is 2.39. The first-order valence-electron chi connectivity index (χ1n) is 8.52. The van der Waals surface area contributed by atoms with E-state index in [2.05, 4.69) is 0 Å². The summed E-state index contributed by atoms with van der Waals surface area (Å²) < 4.78 is 0. The number of nitro benzene ring substituents is 1. The molecule has 1 aliphatic heterocycles. The zero-order valence-electron chi connectivity index (χ0n) is 15.2. The number of rotatable bonds is 5. The Hall–Kier alpha value is -4.01. The number of carboxylic acid groups (broad SMARTS) is 1. The molecular formula is C20H16N2O7. The maximum Gasteiger partial charge on any atom is 0.323 e.